The van der Waals surface area contributed by atoms with Crippen LogP contribution < -0.4 is 10.4 Å². The van der Waals surface area contributed by atoms with Gasteiger partial charge >= 0.3 is 0 Å². The molecular formula is C17H19N2O5S-. The second-order valence-electron chi connectivity index (χ2n) is 6.82. The van der Waals surface area contributed by atoms with E-state index < -0.39 is 34.8 Å². The molecule has 4 atom stereocenters. The summed E-state index contributed by atoms with van der Waals surface area (Å²) in [6.45, 7) is 4.94. The molecule has 25 heavy (non-hydrogen) atoms. The molecule has 0 aliphatic carbocycles. The number of aliphatic hydroxyl groups is 1. The Hall–Kier alpha value is -2.06. The van der Waals surface area contributed by atoms with Crippen LogP contribution in [0.5, 0.6) is 0 Å². The molecule has 2 heterocycles. The fourth-order valence-electron chi connectivity index (χ4n) is 3.41. The lowest BCUT2D eigenvalue weighted by molar-refractivity contribution is -0.310. The van der Waals surface area contributed by atoms with Gasteiger partial charge in [-0.15, -0.1) is 11.8 Å². The number of aliphatic carboxylic acids is 1. The Balaban J connectivity index is 1.93. The maximum absolute atomic E-state index is 12.8. The molecular weight excluding hydrogens is 344 g/mol. The third kappa shape index (κ3) is 2.79. The Kier molecular flexibility index (Phi) is 4.28. The number of benzene rings is 1. The van der Waals surface area contributed by atoms with Crippen LogP contribution in [0.25, 0.3) is 0 Å². The molecule has 0 aromatic heterocycles. The Morgan fingerprint density at radius 1 is 1.36 bits per heavy atom. The van der Waals surface area contributed by atoms with E-state index in [2.05, 4.69) is 5.32 Å². The van der Waals surface area contributed by atoms with E-state index in [-0.39, 0.29) is 11.3 Å². The average molecular weight is 363 g/mol. The zero-order valence-corrected chi connectivity index (χ0v) is 14.9. The molecule has 134 valence electrons. The Morgan fingerprint density at radius 2 is 2.00 bits per heavy atom. The highest BCUT2D eigenvalue weighted by Crippen LogP contribution is 2.56. The number of carbonyl (C=O) groups is 3. The molecule has 0 radical (unpaired) electrons. The molecule has 0 bridgehead atoms. The van der Waals surface area contributed by atoms with Gasteiger partial charge in [-0.25, -0.2) is 0 Å². The van der Waals surface area contributed by atoms with E-state index in [1.165, 1.54) is 23.6 Å². The van der Waals surface area contributed by atoms with Gasteiger partial charge in [-0.3, -0.25) is 9.59 Å². The van der Waals surface area contributed by atoms with E-state index in [4.69, 9.17) is 0 Å². The summed E-state index contributed by atoms with van der Waals surface area (Å²) in [5.41, 5.74) is 1.41. The molecule has 2 N–H and O–H groups in total. The van der Waals surface area contributed by atoms with Gasteiger partial charge in [0.1, 0.15) is 11.4 Å². The number of nitrogens with zero attached hydrogens (tertiary/aromatic N) is 1. The molecule has 2 aliphatic rings. The molecule has 7 nitrogen and oxygen atoms in total. The van der Waals surface area contributed by atoms with Crippen LogP contribution in [0.1, 0.15) is 42.1 Å². The van der Waals surface area contributed by atoms with E-state index in [9.17, 15) is 24.6 Å². The number of carboxylic acids is 1. The fraction of sp³-hybridized carbons (Fsp3) is 0.471. The Labute approximate surface area is 149 Å². The third-order valence-electron chi connectivity index (χ3n) is 4.58. The molecule has 3 rings (SSSR count). The van der Waals surface area contributed by atoms with Crippen molar-refractivity contribution in [2.75, 3.05) is 0 Å². The topological polar surface area (TPSA) is 110 Å². The predicted octanol–water partition coefficient (Wildman–Crippen LogP) is -0.349. The van der Waals surface area contributed by atoms with Crippen molar-refractivity contribution in [1.82, 2.24) is 10.2 Å². The maximum atomic E-state index is 12.8. The predicted molar refractivity (Wildman–Crippen MR) is 89.4 cm³/mol. The van der Waals surface area contributed by atoms with Gasteiger partial charge < -0.3 is 25.2 Å². The quantitative estimate of drug-likeness (QED) is 0.757. The van der Waals surface area contributed by atoms with Crippen LogP contribution in [0.4, 0.5) is 0 Å². The molecule has 2 amide bonds. The van der Waals surface area contributed by atoms with Gasteiger partial charge in [0.05, 0.1) is 18.1 Å². The van der Waals surface area contributed by atoms with Gasteiger partial charge in [0.2, 0.25) is 5.91 Å². The zero-order chi connectivity index (χ0) is 18.5. The van der Waals surface area contributed by atoms with Crippen molar-refractivity contribution in [1.29, 1.82) is 0 Å². The SMILES string of the molecule is C[C@H](O)[C@H](NC(=O)[C@H]1N2C(=O)c3ccccc3[C@H]2SC1(C)C)C(=O)[O-]. The molecule has 1 aromatic rings. The average Bonchev–Trinajstić information content (AvgIpc) is 2.95. The zero-order valence-electron chi connectivity index (χ0n) is 14.1. The van der Waals surface area contributed by atoms with Gasteiger partial charge in [0.15, 0.2) is 0 Å². The highest BCUT2D eigenvalue weighted by molar-refractivity contribution is 8.01. The first-order valence-electron chi connectivity index (χ1n) is 7.94. The summed E-state index contributed by atoms with van der Waals surface area (Å²) in [7, 11) is 0. The van der Waals surface area contributed by atoms with Crippen molar-refractivity contribution >= 4 is 29.5 Å². The number of nitrogens with one attached hydrogen (secondary N) is 1. The summed E-state index contributed by atoms with van der Waals surface area (Å²) in [5.74, 6) is -2.43. The van der Waals surface area contributed by atoms with Crippen LogP contribution in [-0.4, -0.2) is 50.7 Å². The van der Waals surface area contributed by atoms with Crippen molar-refractivity contribution in [2.45, 2.75) is 49.1 Å². The standard InChI is InChI=1S/C17H20N2O5S/c1-8(20)11(16(23)24)18-13(21)12-17(2,3)25-15-10-7-5-4-6-9(10)14(22)19(12)15/h4-8,11-12,15,20H,1-3H3,(H,18,21)(H,23,24)/p-1/t8-,11-,12+,15+/m0/s1. The first kappa shape index (κ1) is 17.8. The van der Waals surface area contributed by atoms with Crippen LogP contribution in [0.15, 0.2) is 24.3 Å². The summed E-state index contributed by atoms with van der Waals surface area (Å²) in [6, 6.07) is 4.80. The number of fused-ring (bicyclic) bond motifs is 3. The molecule has 0 spiro atoms. The van der Waals surface area contributed by atoms with Gasteiger partial charge in [0.25, 0.3) is 5.91 Å². The molecule has 1 aromatic carbocycles. The first-order valence-corrected chi connectivity index (χ1v) is 8.82. The van der Waals surface area contributed by atoms with Crippen molar-refractivity contribution in [3.8, 4) is 0 Å². The van der Waals surface area contributed by atoms with E-state index in [1.807, 2.05) is 26.0 Å². The largest absolute Gasteiger partial charge is 0.548 e. The summed E-state index contributed by atoms with van der Waals surface area (Å²) in [4.78, 5) is 38.2. The van der Waals surface area contributed by atoms with Crippen LogP contribution >= 0.6 is 11.8 Å². The number of aliphatic hydroxyl groups excluding tert-OH is 1. The van der Waals surface area contributed by atoms with E-state index in [0.717, 1.165) is 5.56 Å². The fourth-order valence-corrected chi connectivity index (χ4v) is 5.00. The smallest absolute Gasteiger partial charge is 0.256 e. The van der Waals surface area contributed by atoms with Crippen molar-refractivity contribution in [3.05, 3.63) is 35.4 Å². The molecule has 0 unspecified atom stereocenters. The molecule has 0 saturated carbocycles. The van der Waals surface area contributed by atoms with Crippen LogP contribution in [-0.2, 0) is 9.59 Å². The minimum Gasteiger partial charge on any atom is -0.548 e. The first-order chi connectivity index (χ1) is 11.6. The monoisotopic (exact) mass is 363 g/mol. The summed E-state index contributed by atoms with van der Waals surface area (Å²) >= 11 is 1.48. The Morgan fingerprint density at radius 3 is 2.60 bits per heavy atom. The van der Waals surface area contributed by atoms with Gasteiger partial charge in [-0.2, -0.15) is 0 Å². The van der Waals surface area contributed by atoms with Gasteiger partial charge in [-0.05, 0) is 32.4 Å². The third-order valence-corrected chi connectivity index (χ3v) is 6.11. The lowest BCUT2D eigenvalue weighted by atomic mass is 10.00. The van der Waals surface area contributed by atoms with Crippen molar-refractivity contribution in [2.24, 2.45) is 0 Å². The van der Waals surface area contributed by atoms with E-state index >= 15 is 0 Å². The van der Waals surface area contributed by atoms with Crippen LogP contribution in [0.2, 0.25) is 0 Å². The maximum Gasteiger partial charge on any atom is 0.256 e. The van der Waals surface area contributed by atoms with Crippen LogP contribution in [0, 0.1) is 0 Å². The van der Waals surface area contributed by atoms with Gasteiger partial charge in [-0.1, -0.05) is 18.2 Å². The number of carboxylic acid groups (broad SMARTS) is 1. The number of rotatable bonds is 4. The number of amides is 2. The molecule has 8 heteroatoms. The lowest BCUT2D eigenvalue weighted by Gasteiger charge is -2.32. The number of thioether (sulfide) groups is 1. The second kappa shape index (κ2) is 6.03. The second-order valence-corrected chi connectivity index (χ2v) is 8.56. The van der Waals surface area contributed by atoms with Crippen molar-refractivity contribution < 1.29 is 24.6 Å². The minimum atomic E-state index is -1.57. The van der Waals surface area contributed by atoms with Crippen molar-refractivity contribution in [3.63, 3.8) is 0 Å². The number of hydrogen-bond acceptors (Lipinski definition) is 6. The summed E-state index contributed by atoms with van der Waals surface area (Å²) in [6.07, 6.45) is -1.31. The molecule has 1 fully saturated rings. The highest BCUT2D eigenvalue weighted by atomic mass is 32.2. The highest BCUT2D eigenvalue weighted by Gasteiger charge is 2.57. The summed E-state index contributed by atoms with van der Waals surface area (Å²) in [5, 5.41) is 22.7. The normalized spacial score (nSPS) is 25.9. The molecule has 1 saturated heterocycles. The van der Waals surface area contributed by atoms with E-state index in [1.54, 1.807) is 12.1 Å². The van der Waals surface area contributed by atoms with Gasteiger partial charge in [0, 0.05) is 10.3 Å². The Bertz CT molecular complexity index is 748. The van der Waals surface area contributed by atoms with E-state index in [0.29, 0.717) is 5.56 Å². The number of hydrogen-bond donors (Lipinski definition) is 2. The minimum absolute atomic E-state index is 0.249. The molecule has 2 aliphatic heterocycles. The number of carbonyl (C=O) groups excluding carboxylic acids is 3. The lowest BCUT2D eigenvalue weighted by Crippen LogP contribution is -2.60. The summed E-state index contributed by atoms with van der Waals surface area (Å²) < 4.78 is -0.618. The van der Waals surface area contributed by atoms with Crippen LogP contribution in [0.3, 0.4) is 0 Å².